The molecule has 58 valence electrons. The molecule has 0 bridgehead atoms. The molecule has 0 aromatic carbocycles. The maximum Gasteiger partial charge on any atom is 0.0493 e. The normalized spacial score (nSPS) is 26.2. The summed E-state index contributed by atoms with van der Waals surface area (Å²) in [7, 11) is 1.78. The van der Waals surface area contributed by atoms with Crippen LogP contribution >= 0.6 is 0 Å². The first-order valence-corrected chi connectivity index (χ1v) is 3.97. The van der Waals surface area contributed by atoms with Crippen molar-refractivity contribution < 1.29 is 4.74 Å². The average molecular weight is 140 g/mol. The van der Waals surface area contributed by atoms with Crippen molar-refractivity contribution in [3.05, 3.63) is 11.6 Å². The fourth-order valence-electron chi connectivity index (χ4n) is 1.41. The molecule has 0 aromatic heterocycles. The van der Waals surface area contributed by atoms with Crippen LogP contribution in [0.5, 0.6) is 0 Å². The van der Waals surface area contributed by atoms with Gasteiger partial charge in [-0.25, -0.2) is 0 Å². The van der Waals surface area contributed by atoms with E-state index in [1.54, 1.807) is 12.7 Å². The molecule has 1 aliphatic rings. The Morgan fingerprint density at radius 3 is 3.00 bits per heavy atom. The molecule has 0 aromatic rings. The zero-order valence-electron chi connectivity index (χ0n) is 6.89. The Hall–Kier alpha value is -0.300. The molecule has 0 radical (unpaired) electrons. The molecule has 1 aliphatic carbocycles. The summed E-state index contributed by atoms with van der Waals surface area (Å²) < 4.78 is 5.09. The van der Waals surface area contributed by atoms with Crippen LogP contribution in [-0.4, -0.2) is 13.7 Å². The third kappa shape index (κ3) is 2.14. The van der Waals surface area contributed by atoms with Gasteiger partial charge in [0, 0.05) is 13.7 Å². The van der Waals surface area contributed by atoms with Gasteiger partial charge < -0.3 is 4.74 Å². The smallest absolute Gasteiger partial charge is 0.0493 e. The summed E-state index contributed by atoms with van der Waals surface area (Å²) in [5, 5.41) is 0. The van der Waals surface area contributed by atoms with Crippen LogP contribution in [0.3, 0.4) is 0 Å². The molecule has 1 unspecified atom stereocenters. The van der Waals surface area contributed by atoms with E-state index in [1.807, 2.05) is 0 Å². The Morgan fingerprint density at radius 2 is 2.50 bits per heavy atom. The van der Waals surface area contributed by atoms with Gasteiger partial charge in [-0.05, 0) is 32.1 Å². The summed E-state index contributed by atoms with van der Waals surface area (Å²) in [4.78, 5) is 0. The highest BCUT2D eigenvalue weighted by molar-refractivity contribution is 5.02. The molecule has 0 N–H and O–H groups in total. The molecule has 1 atom stereocenters. The molecule has 0 heterocycles. The van der Waals surface area contributed by atoms with E-state index in [2.05, 4.69) is 13.0 Å². The maximum atomic E-state index is 5.09. The quantitative estimate of drug-likeness (QED) is 0.535. The van der Waals surface area contributed by atoms with Crippen LogP contribution in [0.25, 0.3) is 0 Å². The van der Waals surface area contributed by atoms with Crippen molar-refractivity contribution in [2.75, 3.05) is 13.7 Å². The third-order valence-corrected chi connectivity index (χ3v) is 2.15. The Labute approximate surface area is 63.1 Å². The van der Waals surface area contributed by atoms with E-state index in [0.717, 1.165) is 12.5 Å². The number of ether oxygens (including phenoxy) is 1. The van der Waals surface area contributed by atoms with Crippen LogP contribution in [-0.2, 0) is 4.74 Å². The number of hydrogen-bond donors (Lipinski definition) is 0. The molecule has 1 heteroatoms. The lowest BCUT2D eigenvalue weighted by atomic mass is 9.91. The van der Waals surface area contributed by atoms with Crippen LogP contribution in [0.4, 0.5) is 0 Å². The van der Waals surface area contributed by atoms with Gasteiger partial charge >= 0.3 is 0 Å². The molecule has 1 nitrogen and oxygen atoms in total. The molecule has 0 amide bonds. The van der Waals surface area contributed by atoms with Gasteiger partial charge in [0.15, 0.2) is 0 Å². The van der Waals surface area contributed by atoms with Gasteiger partial charge in [-0.2, -0.15) is 0 Å². The monoisotopic (exact) mass is 140 g/mol. The molecule has 0 aliphatic heterocycles. The molecular weight excluding hydrogens is 124 g/mol. The highest BCUT2D eigenvalue weighted by Crippen LogP contribution is 2.22. The highest BCUT2D eigenvalue weighted by Gasteiger charge is 2.11. The highest BCUT2D eigenvalue weighted by atomic mass is 16.5. The van der Waals surface area contributed by atoms with E-state index in [9.17, 15) is 0 Å². The molecule has 0 spiro atoms. The Kier molecular flexibility index (Phi) is 2.94. The molecular formula is C9H16O. The summed E-state index contributed by atoms with van der Waals surface area (Å²) >= 11 is 0. The summed E-state index contributed by atoms with van der Waals surface area (Å²) in [5.74, 6) is 0.786. The van der Waals surface area contributed by atoms with E-state index in [0.29, 0.717) is 0 Å². The topological polar surface area (TPSA) is 9.23 Å². The van der Waals surface area contributed by atoms with Crippen LogP contribution in [0.2, 0.25) is 0 Å². The lowest BCUT2D eigenvalue weighted by Crippen LogP contribution is -2.10. The van der Waals surface area contributed by atoms with Gasteiger partial charge in [-0.1, -0.05) is 11.6 Å². The van der Waals surface area contributed by atoms with Crippen molar-refractivity contribution in [1.82, 2.24) is 0 Å². The van der Waals surface area contributed by atoms with Crippen molar-refractivity contribution >= 4 is 0 Å². The predicted octanol–water partition coefficient (Wildman–Crippen LogP) is 2.38. The van der Waals surface area contributed by atoms with E-state index in [1.165, 1.54) is 19.3 Å². The number of rotatable bonds is 2. The van der Waals surface area contributed by atoms with Crippen LogP contribution in [0.1, 0.15) is 26.2 Å². The van der Waals surface area contributed by atoms with Gasteiger partial charge in [0.25, 0.3) is 0 Å². The van der Waals surface area contributed by atoms with Crippen molar-refractivity contribution in [1.29, 1.82) is 0 Å². The van der Waals surface area contributed by atoms with Crippen molar-refractivity contribution in [3.8, 4) is 0 Å². The van der Waals surface area contributed by atoms with E-state index >= 15 is 0 Å². The minimum atomic E-state index is 0.786. The first-order valence-electron chi connectivity index (χ1n) is 3.97. The van der Waals surface area contributed by atoms with E-state index < -0.39 is 0 Å². The number of allylic oxidation sites excluding steroid dienone is 2. The SMILES string of the molecule is COCC1CC=C(C)CC1. The second kappa shape index (κ2) is 3.77. The second-order valence-electron chi connectivity index (χ2n) is 3.15. The second-order valence-corrected chi connectivity index (χ2v) is 3.15. The molecule has 0 saturated carbocycles. The number of methoxy groups -OCH3 is 1. The Bertz CT molecular complexity index is 127. The van der Waals surface area contributed by atoms with Gasteiger partial charge in [-0.3, -0.25) is 0 Å². The average Bonchev–Trinajstić information content (AvgIpc) is 1.95. The molecule has 10 heavy (non-hydrogen) atoms. The predicted molar refractivity (Wildman–Crippen MR) is 43.0 cm³/mol. The Balaban J connectivity index is 2.27. The number of hydrogen-bond acceptors (Lipinski definition) is 1. The minimum Gasteiger partial charge on any atom is -0.384 e. The van der Waals surface area contributed by atoms with Crippen molar-refractivity contribution in [3.63, 3.8) is 0 Å². The van der Waals surface area contributed by atoms with Gasteiger partial charge in [0.1, 0.15) is 0 Å². The fraction of sp³-hybridized carbons (Fsp3) is 0.778. The lowest BCUT2D eigenvalue weighted by Gasteiger charge is -2.18. The van der Waals surface area contributed by atoms with Gasteiger partial charge in [0.05, 0.1) is 0 Å². The van der Waals surface area contributed by atoms with Crippen LogP contribution < -0.4 is 0 Å². The first-order chi connectivity index (χ1) is 4.83. The largest absolute Gasteiger partial charge is 0.384 e. The van der Waals surface area contributed by atoms with Crippen LogP contribution in [0.15, 0.2) is 11.6 Å². The van der Waals surface area contributed by atoms with Gasteiger partial charge in [-0.15, -0.1) is 0 Å². The molecule has 1 rings (SSSR count). The zero-order valence-corrected chi connectivity index (χ0v) is 6.89. The summed E-state index contributed by atoms with van der Waals surface area (Å²) in [6.07, 6.45) is 6.15. The van der Waals surface area contributed by atoms with Crippen molar-refractivity contribution in [2.24, 2.45) is 5.92 Å². The van der Waals surface area contributed by atoms with Gasteiger partial charge in [0.2, 0.25) is 0 Å². The zero-order chi connectivity index (χ0) is 7.40. The molecule has 0 saturated heterocycles. The lowest BCUT2D eigenvalue weighted by molar-refractivity contribution is 0.146. The van der Waals surface area contributed by atoms with Crippen LogP contribution in [0, 0.1) is 5.92 Å². The minimum absolute atomic E-state index is 0.786. The van der Waals surface area contributed by atoms with Crippen molar-refractivity contribution in [2.45, 2.75) is 26.2 Å². The van der Waals surface area contributed by atoms with E-state index in [4.69, 9.17) is 4.74 Å². The summed E-state index contributed by atoms with van der Waals surface area (Å²) in [6.45, 7) is 3.15. The molecule has 0 fully saturated rings. The first kappa shape index (κ1) is 7.80. The standard InChI is InChI=1S/C9H16O/c1-8-3-5-9(6-4-8)7-10-2/h3,9H,4-7H2,1-2H3. The van der Waals surface area contributed by atoms with E-state index in [-0.39, 0.29) is 0 Å². The third-order valence-electron chi connectivity index (χ3n) is 2.15. The summed E-state index contributed by atoms with van der Waals surface area (Å²) in [6, 6.07) is 0. The summed E-state index contributed by atoms with van der Waals surface area (Å²) in [5.41, 5.74) is 1.55. The fourth-order valence-corrected chi connectivity index (χ4v) is 1.41. The Morgan fingerprint density at radius 1 is 1.70 bits per heavy atom. The maximum absolute atomic E-state index is 5.09.